The summed E-state index contributed by atoms with van der Waals surface area (Å²) in [6, 6.07) is 3.13. The van der Waals surface area contributed by atoms with Crippen molar-refractivity contribution < 1.29 is 18.3 Å². The maximum atomic E-state index is 13.5. The van der Waals surface area contributed by atoms with Crippen LogP contribution in [-0.4, -0.2) is 21.1 Å². The van der Waals surface area contributed by atoms with Crippen LogP contribution in [-0.2, 0) is 6.54 Å². The zero-order valence-corrected chi connectivity index (χ0v) is 10.1. The van der Waals surface area contributed by atoms with E-state index >= 15 is 0 Å². The van der Waals surface area contributed by atoms with Crippen molar-refractivity contribution >= 4 is 5.82 Å². The number of aliphatic hydroxyl groups excluding tert-OH is 1. The fraction of sp³-hybridized carbons (Fsp3) is 0.250. The molecule has 2 aromatic rings. The van der Waals surface area contributed by atoms with Gasteiger partial charge in [-0.25, -0.2) is 13.2 Å². The van der Waals surface area contributed by atoms with E-state index in [-0.39, 0.29) is 6.54 Å². The molecule has 1 heterocycles. The summed E-state index contributed by atoms with van der Waals surface area (Å²) < 4.78 is 41.1. The van der Waals surface area contributed by atoms with Crippen LogP contribution < -0.4 is 5.32 Å². The fourth-order valence-electron chi connectivity index (χ4n) is 1.62. The van der Waals surface area contributed by atoms with Crippen molar-refractivity contribution in [2.75, 3.05) is 5.32 Å². The van der Waals surface area contributed by atoms with Crippen LogP contribution in [0.4, 0.5) is 19.0 Å². The van der Waals surface area contributed by atoms with E-state index in [0.29, 0.717) is 5.82 Å². The summed E-state index contributed by atoms with van der Waals surface area (Å²) in [7, 11) is 0. The lowest BCUT2D eigenvalue weighted by Gasteiger charge is -2.07. The van der Waals surface area contributed by atoms with Gasteiger partial charge in [-0.2, -0.15) is 5.10 Å². The Labute approximate surface area is 107 Å². The number of benzene rings is 1. The molecular formula is C12H12F3N3O. The molecule has 19 heavy (non-hydrogen) atoms. The highest BCUT2D eigenvalue weighted by Crippen LogP contribution is 2.17. The monoisotopic (exact) mass is 271 g/mol. The number of hydrogen-bond acceptors (Lipinski definition) is 3. The predicted molar refractivity (Wildman–Crippen MR) is 62.9 cm³/mol. The van der Waals surface area contributed by atoms with E-state index in [0.717, 1.165) is 12.1 Å². The highest BCUT2D eigenvalue weighted by Gasteiger charge is 2.14. The zero-order chi connectivity index (χ0) is 14.0. The molecule has 102 valence electrons. The lowest BCUT2D eigenvalue weighted by atomic mass is 10.2. The topological polar surface area (TPSA) is 50.1 Å². The number of anilines is 1. The Morgan fingerprint density at radius 3 is 2.63 bits per heavy atom. The van der Waals surface area contributed by atoms with Gasteiger partial charge in [0.1, 0.15) is 17.9 Å². The Kier molecular flexibility index (Phi) is 3.75. The average Bonchev–Trinajstić information content (AvgIpc) is 2.76. The van der Waals surface area contributed by atoms with Gasteiger partial charge in [-0.3, -0.25) is 4.68 Å². The lowest BCUT2D eigenvalue weighted by molar-refractivity contribution is 0.224. The Hall–Kier alpha value is -2.02. The molecule has 0 spiro atoms. The third-order valence-electron chi connectivity index (χ3n) is 2.46. The van der Waals surface area contributed by atoms with E-state index in [1.54, 1.807) is 0 Å². The molecule has 0 bridgehead atoms. The van der Waals surface area contributed by atoms with E-state index in [1.807, 2.05) is 0 Å². The molecule has 2 rings (SSSR count). The molecule has 1 atom stereocenters. The van der Waals surface area contributed by atoms with Crippen LogP contribution in [0.2, 0.25) is 0 Å². The van der Waals surface area contributed by atoms with E-state index < -0.39 is 29.2 Å². The van der Waals surface area contributed by atoms with Crippen LogP contribution in [0.3, 0.4) is 0 Å². The minimum atomic E-state index is -1.22. The first-order chi connectivity index (χ1) is 8.97. The second-order valence-corrected chi connectivity index (χ2v) is 4.04. The molecule has 0 aliphatic carbocycles. The maximum absolute atomic E-state index is 13.5. The quantitative estimate of drug-likeness (QED) is 0.661. The van der Waals surface area contributed by atoms with Crippen molar-refractivity contribution in [3.8, 4) is 0 Å². The van der Waals surface area contributed by atoms with Crippen LogP contribution in [0.1, 0.15) is 12.5 Å². The molecular weight excluding hydrogens is 259 g/mol. The molecule has 0 saturated heterocycles. The Morgan fingerprint density at radius 1 is 1.26 bits per heavy atom. The van der Waals surface area contributed by atoms with Gasteiger partial charge in [-0.15, -0.1) is 0 Å². The Balaban J connectivity index is 2.22. The first-order valence-corrected chi connectivity index (χ1v) is 5.58. The maximum Gasteiger partial charge on any atom is 0.166 e. The van der Waals surface area contributed by atoms with Gasteiger partial charge in [0.05, 0.1) is 6.54 Å². The average molecular weight is 271 g/mol. The summed E-state index contributed by atoms with van der Waals surface area (Å²) in [6.45, 7) is 1.27. The van der Waals surface area contributed by atoms with E-state index in [1.165, 1.54) is 23.9 Å². The first-order valence-electron chi connectivity index (χ1n) is 5.58. The van der Waals surface area contributed by atoms with Crippen LogP contribution in [0.5, 0.6) is 0 Å². The van der Waals surface area contributed by atoms with Crippen molar-refractivity contribution in [1.29, 1.82) is 0 Å². The Bertz CT molecular complexity index is 584. The van der Waals surface area contributed by atoms with Gasteiger partial charge in [0.2, 0.25) is 0 Å². The molecule has 2 N–H and O–H groups in total. The normalized spacial score (nSPS) is 12.5. The van der Waals surface area contributed by atoms with Crippen LogP contribution in [0.15, 0.2) is 24.4 Å². The number of nitrogens with zero attached hydrogens (tertiary/aromatic N) is 2. The third-order valence-corrected chi connectivity index (χ3v) is 2.46. The molecule has 0 amide bonds. The lowest BCUT2D eigenvalue weighted by Crippen LogP contribution is -2.14. The second-order valence-electron chi connectivity index (χ2n) is 4.04. The van der Waals surface area contributed by atoms with Gasteiger partial charge in [-0.1, -0.05) is 0 Å². The van der Waals surface area contributed by atoms with Gasteiger partial charge in [-0.05, 0) is 19.1 Å². The van der Waals surface area contributed by atoms with Gasteiger partial charge in [0.25, 0.3) is 0 Å². The Morgan fingerprint density at radius 2 is 1.95 bits per heavy atom. The van der Waals surface area contributed by atoms with E-state index in [2.05, 4.69) is 10.4 Å². The van der Waals surface area contributed by atoms with E-state index in [4.69, 9.17) is 5.11 Å². The summed E-state index contributed by atoms with van der Waals surface area (Å²) in [5, 5.41) is 15.7. The summed E-state index contributed by atoms with van der Waals surface area (Å²) in [5.74, 6) is -2.81. The molecule has 0 saturated carbocycles. The van der Waals surface area contributed by atoms with Crippen LogP contribution in [0, 0.1) is 17.5 Å². The summed E-state index contributed by atoms with van der Waals surface area (Å²) in [6.07, 6.45) is 0.667. The highest BCUT2D eigenvalue weighted by atomic mass is 19.2. The summed E-state index contributed by atoms with van der Waals surface area (Å²) >= 11 is 0. The van der Waals surface area contributed by atoms with Gasteiger partial charge >= 0.3 is 0 Å². The van der Waals surface area contributed by atoms with E-state index in [9.17, 15) is 13.2 Å². The number of aliphatic hydroxyl groups is 1. The highest BCUT2D eigenvalue weighted by molar-refractivity contribution is 5.32. The number of halogens is 3. The van der Waals surface area contributed by atoms with Gasteiger partial charge in [0.15, 0.2) is 11.6 Å². The van der Waals surface area contributed by atoms with Crippen molar-refractivity contribution in [2.24, 2.45) is 0 Å². The second kappa shape index (κ2) is 5.31. The third kappa shape index (κ3) is 3.05. The first kappa shape index (κ1) is 13.4. The minimum absolute atomic E-state index is 0.239. The molecule has 0 fully saturated rings. The summed E-state index contributed by atoms with van der Waals surface area (Å²) in [4.78, 5) is 0. The molecule has 1 unspecified atom stereocenters. The largest absolute Gasteiger partial charge is 0.374 e. The molecule has 7 heteroatoms. The van der Waals surface area contributed by atoms with Crippen LogP contribution in [0.25, 0.3) is 0 Å². The minimum Gasteiger partial charge on any atom is -0.374 e. The van der Waals surface area contributed by atoms with Gasteiger partial charge in [0, 0.05) is 17.8 Å². The molecule has 0 aliphatic rings. The molecule has 4 nitrogen and oxygen atoms in total. The van der Waals surface area contributed by atoms with Gasteiger partial charge < -0.3 is 10.4 Å². The van der Waals surface area contributed by atoms with Crippen molar-refractivity contribution in [2.45, 2.75) is 19.7 Å². The smallest absolute Gasteiger partial charge is 0.166 e. The number of rotatable bonds is 4. The molecule has 0 aliphatic heterocycles. The van der Waals surface area contributed by atoms with Crippen molar-refractivity contribution in [3.05, 3.63) is 47.4 Å². The predicted octanol–water partition coefficient (Wildman–Crippen LogP) is 2.10. The zero-order valence-electron chi connectivity index (χ0n) is 10.1. The SMILES string of the molecule is CC(O)Nc1ccn(Cc2c(F)ccc(F)c2F)n1. The number of aromatic nitrogens is 2. The molecule has 1 aromatic heterocycles. The molecule has 0 radical (unpaired) electrons. The van der Waals surface area contributed by atoms with Crippen LogP contribution >= 0.6 is 0 Å². The van der Waals surface area contributed by atoms with Crippen molar-refractivity contribution in [1.82, 2.24) is 9.78 Å². The standard InChI is InChI=1S/C12H12F3N3O/c1-7(19)16-11-4-5-18(17-11)6-8-9(13)2-3-10(14)12(8)15/h2-5,7,19H,6H2,1H3,(H,16,17). The van der Waals surface area contributed by atoms with Crippen molar-refractivity contribution in [3.63, 3.8) is 0 Å². The number of nitrogens with one attached hydrogen (secondary N) is 1. The fourth-order valence-corrected chi connectivity index (χ4v) is 1.62. The summed E-state index contributed by atoms with van der Waals surface area (Å²) in [5.41, 5.74) is -0.397. The molecule has 1 aromatic carbocycles. The number of hydrogen-bond donors (Lipinski definition) is 2.